The van der Waals surface area contributed by atoms with E-state index in [1.54, 1.807) is 19.0 Å². The van der Waals surface area contributed by atoms with E-state index in [1.165, 1.54) is 42.5 Å². The van der Waals surface area contributed by atoms with Gasteiger partial charge in [-0.1, -0.05) is 30.3 Å². The van der Waals surface area contributed by atoms with Crippen LogP contribution in [0.25, 0.3) is 0 Å². The molecule has 1 N–H and O–H groups in total. The van der Waals surface area contributed by atoms with Crippen LogP contribution in [0.4, 0.5) is 17.6 Å². The highest BCUT2D eigenvalue weighted by atomic mass is 19.4. The molecule has 0 aliphatic rings. The molecule has 0 radical (unpaired) electrons. The van der Waals surface area contributed by atoms with E-state index in [-0.39, 0.29) is 24.4 Å². The van der Waals surface area contributed by atoms with E-state index in [9.17, 15) is 22.4 Å². The number of rotatable bonds is 6. The van der Waals surface area contributed by atoms with Gasteiger partial charge in [0.25, 0.3) is 0 Å². The van der Waals surface area contributed by atoms with Gasteiger partial charge in [-0.05, 0) is 49.8 Å². The van der Waals surface area contributed by atoms with Crippen molar-refractivity contribution in [2.45, 2.75) is 18.6 Å². The van der Waals surface area contributed by atoms with Crippen molar-refractivity contribution in [2.24, 2.45) is 0 Å². The molecular formula is C19H20F4N2O. The Morgan fingerprint density at radius 3 is 2.27 bits per heavy atom. The molecule has 2 aromatic carbocycles. The molecule has 0 bridgehead atoms. The summed E-state index contributed by atoms with van der Waals surface area (Å²) in [5.41, 5.74) is 0.0324. The van der Waals surface area contributed by atoms with Gasteiger partial charge in [0.15, 0.2) is 0 Å². The third-order valence-corrected chi connectivity index (χ3v) is 3.97. The summed E-state index contributed by atoms with van der Waals surface area (Å²) in [6.07, 6.45) is -4.37. The van der Waals surface area contributed by atoms with Gasteiger partial charge in [0.2, 0.25) is 5.91 Å². The summed E-state index contributed by atoms with van der Waals surface area (Å²) in [5.74, 6) is -0.762. The Morgan fingerprint density at radius 1 is 1.08 bits per heavy atom. The van der Waals surface area contributed by atoms with E-state index in [1.807, 2.05) is 0 Å². The Bertz CT molecular complexity index is 742. The molecule has 0 spiro atoms. The lowest BCUT2D eigenvalue weighted by molar-refractivity contribution is -0.138. The van der Waals surface area contributed by atoms with Crippen molar-refractivity contribution < 1.29 is 22.4 Å². The predicted octanol–water partition coefficient (Wildman–Crippen LogP) is 3.81. The normalized spacial score (nSPS) is 12.9. The summed E-state index contributed by atoms with van der Waals surface area (Å²) < 4.78 is 52.1. The largest absolute Gasteiger partial charge is 0.416 e. The molecule has 0 saturated carbocycles. The van der Waals surface area contributed by atoms with Gasteiger partial charge in [0.05, 0.1) is 5.56 Å². The fraction of sp³-hybridized carbons (Fsp3) is 0.316. The summed E-state index contributed by atoms with van der Waals surface area (Å²) >= 11 is 0. The Balaban J connectivity index is 2.04. The second-order valence-corrected chi connectivity index (χ2v) is 6.11. The van der Waals surface area contributed by atoms with Crippen LogP contribution in [0.3, 0.4) is 0 Å². The first-order chi connectivity index (χ1) is 12.2. The maximum absolute atomic E-state index is 13.1. The first kappa shape index (κ1) is 19.9. The average Bonchev–Trinajstić information content (AvgIpc) is 2.56. The average molecular weight is 368 g/mol. The first-order valence-electron chi connectivity index (χ1n) is 8.05. The van der Waals surface area contributed by atoms with Crippen molar-refractivity contribution in [3.05, 3.63) is 71.0 Å². The monoisotopic (exact) mass is 368 g/mol. The van der Waals surface area contributed by atoms with Gasteiger partial charge in [-0.3, -0.25) is 9.69 Å². The van der Waals surface area contributed by atoms with Crippen LogP contribution < -0.4 is 5.32 Å². The van der Waals surface area contributed by atoms with Gasteiger partial charge < -0.3 is 5.32 Å². The molecule has 2 rings (SSSR count). The third-order valence-electron chi connectivity index (χ3n) is 3.97. The number of alkyl halides is 3. The Kier molecular flexibility index (Phi) is 6.37. The van der Waals surface area contributed by atoms with Crippen LogP contribution in [0.1, 0.15) is 22.7 Å². The van der Waals surface area contributed by atoms with E-state index in [2.05, 4.69) is 5.32 Å². The number of hydrogen-bond donors (Lipinski definition) is 1. The van der Waals surface area contributed by atoms with Crippen molar-refractivity contribution in [3.8, 4) is 0 Å². The number of benzene rings is 2. The number of halogens is 4. The first-order valence-corrected chi connectivity index (χ1v) is 8.05. The van der Waals surface area contributed by atoms with Crippen LogP contribution in [-0.2, 0) is 17.4 Å². The Morgan fingerprint density at radius 2 is 1.69 bits per heavy atom. The van der Waals surface area contributed by atoms with Crippen molar-refractivity contribution in [3.63, 3.8) is 0 Å². The smallest absolute Gasteiger partial charge is 0.354 e. The molecular weight excluding hydrogens is 348 g/mol. The fourth-order valence-electron chi connectivity index (χ4n) is 2.76. The number of likely N-dealkylation sites (N-methyl/N-ethyl adjacent to an activating group) is 1. The highest BCUT2D eigenvalue weighted by Crippen LogP contribution is 2.31. The lowest BCUT2D eigenvalue weighted by Crippen LogP contribution is -2.38. The Labute approximate surface area is 149 Å². The maximum Gasteiger partial charge on any atom is 0.416 e. The number of nitrogens with one attached hydrogen (secondary N) is 1. The van der Waals surface area contributed by atoms with Gasteiger partial charge in [-0.2, -0.15) is 13.2 Å². The fourth-order valence-corrected chi connectivity index (χ4v) is 2.76. The van der Waals surface area contributed by atoms with Crippen molar-refractivity contribution in [2.75, 3.05) is 20.6 Å². The van der Waals surface area contributed by atoms with E-state index < -0.39 is 23.6 Å². The predicted molar refractivity (Wildman–Crippen MR) is 91.0 cm³/mol. The highest BCUT2D eigenvalue weighted by Gasteiger charge is 2.32. The molecule has 140 valence electrons. The number of carbonyl (C=O) groups is 1. The van der Waals surface area contributed by atoms with Crippen molar-refractivity contribution in [1.82, 2.24) is 10.2 Å². The van der Waals surface area contributed by atoms with Crippen molar-refractivity contribution >= 4 is 5.91 Å². The number of nitrogens with zero attached hydrogens (tertiary/aromatic N) is 1. The molecule has 0 fully saturated rings. The minimum absolute atomic E-state index is 0.0605. The summed E-state index contributed by atoms with van der Waals surface area (Å²) in [4.78, 5) is 14.1. The zero-order valence-electron chi connectivity index (χ0n) is 14.5. The Hall–Kier alpha value is -2.41. The van der Waals surface area contributed by atoms with Gasteiger partial charge in [-0.25, -0.2) is 4.39 Å². The molecule has 0 aromatic heterocycles. The van der Waals surface area contributed by atoms with Crippen LogP contribution in [-0.4, -0.2) is 31.4 Å². The molecule has 0 heterocycles. The minimum atomic E-state index is -4.43. The lowest BCUT2D eigenvalue weighted by atomic mass is 10.0. The molecule has 7 heteroatoms. The standard InChI is InChI=1S/C19H20F4N2O/c1-25(2)17(14-7-9-15(20)10-8-14)18(26)24-12-11-13-5-3-4-6-16(13)19(21,22)23/h3-10,17H,11-12H2,1-2H3,(H,24,26). The molecule has 2 aromatic rings. The van der Waals surface area contributed by atoms with Crippen LogP contribution in [0, 0.1) is 5.82 Å². The SMILES string of the molecule is CN(C)C(C(=O)NCCc1ccccc1C(F)(F)F)c1ccc(F)cc1. The van der Waals surface area contributed by atoms with Crippen LogP contribution in [0.15, 0.2) is 48.5 Å². The molecule has 1 amide bonds. The van der Waals surface area contributed by atoms with E-state index in [4.69, 9.17) is 0 Å². The zero-order valence-corrected chi connectivity index (χ0v) is 14.5. The van der Waals surface area contributed by atoms with Gasteiger partial charge >= 0.3 is 6.18 Å². The molecule has 0 aliphatic carbocycles. The molecule has 26 heavy (non-hydrogen) atoms. The minimum Gasteiger partial charge on any atom is -0.354 e. The summed E-state index contributed by atoms with van der Waals surface area (Å²) in [5, 5.41) is 2.66. The summed E-state index contributed by atoms with van der Waals surface area (Å²) in [6.45, 7) is 0.0669. The lowest BCUT2D eigenvalue weighted by Gasteiger charge is -2.24. The van der Waals surface area contributed by atoms with E-state index >= 15 is 0 Å². The number of hydrogen-bond acceptors (Lipinski definition) is 2. The summed E-state index contributed by atoms with van der Waals surface area (Å²) in [6, 6.07) is 10.2. The second kappa shape index (κ2) is 8.31. The van der Waals surface area contributed by atoms with Crippen LogP contribution >= 0.6 is 0 Å². The second-order valence-electron chi connectivity index (χ2n) is 6.11. The molecule has 0 aliphatic heterocycles. The van der Waals surface area contributed by atoms with E-state index in [0.29, 0.717) is 5.56 Å². The highest BCUT2D eigenvalue weighted by molar-refractivity contribution is 5.83. The van der Waals surface area contributed by atoms with Crippen molar-refractivity contribution in [1.29, 1.82) is 0 Å². The van der Waals surface area contributed by atoms with Crippen LogP contribution in [0.5, 0.6) is 0 Å². The quantitative estimate of drug-likeness (QED) is 0.787. The molecule has 1 unspecified atom stereocenters. The zero-order chi connectivity index (χ0) is 19.3. The molecule has 1 atom stereocenters. The van der Waals surface area contributed by atoms with Gasteiger partial charge in [-0.15, -0.1) is 0 Å². The summed E-state index contributed by atoms with van der Waals surface area (Å²) in [7, 11) is 3.40. The van der Waals surface area contributed by atoms with E-state index in [0.717, 1.165) is 6.07 Å². The molecule has 0 saturated heterocycles. The third kappa shape index (κ3) is 5.05. The van der Waals surface area contributed by atoms with Gasteiger partial charge in [0.1, 0.15) is 11.9 Å². The molecule has 3 nitrogen and oxygen atoms in total. The number of amides is 1. The maximum atomic E-state index is 13.1. The topological polar surface area (TPSA) is 32.3 Å². The van der Waals surface area contributed by atoms with Gasteiger partial charge in [0, 0.05) is 6.54 Å². The number of carbonyl (C=O) groups excluding carboxylic acids is 1. The van der Waals surface area contributed by atoms with Crippen LogP contribution in [0.2, 0.25) is 0 Å².